The van der Waals surface area contributed by atoms with Gasteiger partial charge in [0.2, 0.25) is 0 Å². The summed E-state index contributed by atoms with van der Waals surface area (Å²) in [6.07, 6.45) is 4.18. The molecule has 1 aliphatic rings. The van der Waals surface area contributed by atoms with Crippen LogP contribution in [0, 0.1) is 5.92 Å². The predicted octanol–water partition coefficient (Wildman–Crippen LogP) is 2.40. The number of aryl methyl sites for hydroxylation is 1. The van der Waals surface area contributed by atoms with Crippen LogP contribution in [0.3, 0.4) is 0 Å². The molecule has 0 amide bonds. The third-order valence-electron chi connectivity index (χ3n) is 3.05. The highest BCUT2D eigenvalue weighted by Gasteiger charge is 2.28. The molecule has 1 aliphatic carbocycles. The van der Waals surface area contributed by atoms with Crippen molar-refractivity contribution in [3.05, 3.63) is 29.8 Å². The zero-order valence-electron chi connectivity index (χ0n) is 9.15. The number of hydrogen-bond acceptors (Lipinski definition) is 2. The quantitative estimate of drug-likeness (QED) is 0.801. The molecule has 0 aliphatic heterocycles. The third kappa shape index (κ3) is 2.96. The van der Waals surface area contributed by atoms with Gasteiger partial charge in [0, 0.05) is 0 Å². The van der Waals surface area contributed by atoms with Gasteiger partial charge in [0.1, 0.15) is 5.75 Å². The molecule has 1 aromatic carbocycles. The summed E-state index contributed by atoms with van der Waals surface area (Å²) in [7, 11) is 1.67. The molecule has 2 heteroatoms. The number of benzene rings is 1. The lowest BCUT2D eigenvalue weighted by molar-refractivity contribution is 0.142. The van der Waals surface area contributed by atoms with Crippen molar-refractivity contribution < 1.29 is 9.84 Å². The minimum Gasteiger partial charge on any atom is -0.497 e. The fraction of sp³-hybridized carbons (Fsp3) is 0.538. The zero-order chi connectivity index (χ0) is 10.7. The molecule has 0 spiro atoms. The molecule has 82 valence electrons. The first-order valence-electron chi connectivity index (χ1n) is 5.60. The van der Waals surface area contributed by atoms with Crippen LogP contribution in [0.1, 0.15) is 24.8 Å². The Hall–Kier alpha value is -1.02. The van der Waals surface area contributed by atoms with Crippen LogP contribution in [0.15, 0.2) is 24.3 Å². The van der Waals surface area contributed by atoms with E-state index < -0.39 is 0 Å². The largest absolute Gasteiger partial charge is 0.497 e. The van der Waals surface area contributed by atoms with Crippen molar-refractivity contribution >= 4 is 0 Å². The first-order chi connectivity index (χ1) is 7.29. The van der Waals surface area contributed by atoms with Gasteiger partial charge in [0.15, 0.2) is 0 Å². The highest BCUT2D eigenvalue weighted by Crippen LogP contribution is 2.34. The van der Waals surface area contributed by atoms with Crippen molar-refractivity contribution in [2.45, 2.75) is 31.8 Å². The van der Waals surface area contributed by atoms with E-state index in [-0.39, 0.29) is 6.10 Å². The molecule has 15 heavy (non-hydrogen) atoms. The summed E-state index contributed by atoms with van der Waals surface area (Å²) < 4.78 is 5.09. The summed E-state index contributed by atoms with van der Waals surface area (Å²) in [5.41, 5.74) is 1.27. The lowest BCUT2D eigenvalue weighted by Gasteiger charge is -2.08. The third-order valence-corrected chi connectivity index (χ3v) is 3.05. The molecule has 0 radical (unpaired) electrons. The van der Waals surface area contributed by atoms with Crippen LogP contribution in [0.25, 0.3) is 0 Å². The van der Waals surface area contributed by atoms with Crippen LogP contribution in [0.5, 0.6) is 5.75 Å². The Morgan fingerprint density at radius 1 is 1.33 bits per heavy atom. The topological polar surface area (TPSA) is 29.5 Å². The first-order valence-corrected chi connectivity index (χ1v) is 5.60. The van der Waals surface area contributed by atoms with Crippen LogP contribution in [-0.2, 0) is 6.42 Å². The second-order valence-electron chi connectivity index (χ2n) is 4.29. The summed E-state index contributed by atoms with van der Waals surface area (Å²) in [5, 5.41) is 9.73. The van der Waals surface area contributed by atoms with Gasteiger partial charge >= 0.3 is 0 Å². The van der Waals surface area contributed by atoms with Gasteiger partial charge in [-0.05, 0) is 49.3 Å². The van der Waals surface area contributed by atoms with Crippen molar-refractivity contribution in [2.75, 3.05) is 7.11 Å². The SMILES string of the molecule is COc1ccc(CCC(O)C2CC2)cc1. The van der Waals surface area contributed by atoms with Gasteiger partial charge in [-0.1, -0.05) is 12.1 Å². The van der Waals surface area contributed by atoms with E-state index in [9.17, 15) is 5.11 Å². The van der Waals surface area contributed by atoms with Crippen molar-refractivity contribution in [1.29, 1.82) is 0 Å². The molecule has 1 saturated carbocycles. The van der Waals surface area contributed by atoms with E-state index in [0.29, 0.717) is 5.92 Å². The molecule has 0 heterocycles. The molecule has 0 saturated heterocycles. The molecular formula is C13H18O2. The van der Waals surface area contributed by atoms with Crippen LogP contribution >= 0.6 is 0 Å². The van der Waals surface area contributed by atoms with Crippen molar-refractivity contribution in [3.8, 4) is 5.75 Å². The van der Waals surface area contributed by atoms with Crippen LogP contribution in [0.4, 0.5) is 0 Å². The number of rotatable bonds is 5. The fourth-order valence-electron chi connectivity index (χ4n) is 1.82. The standard InChI is InChI=1S/C13H18O2/c1-15-12-7-2-10(3-8-12)4-9-13(14)11-5-6-11/h2-3,7-8,11,13-14H,4-6,9H2,1H3. The second kappa shape index (κ2) is 4.67. The lowest BCUT2D eigenvalue weighted by Crippen LogP contribution is -2.09. The Labute approximate surface area is 90.9 Å². The van der Waals surface area contributed by atoms with E-state index in [4.69, 9.17) is 4.74 Å². The van der Waals surface area contributed by atoms with Gasteiger partial charge in [-0.2, -0.15) is 0 Å². The number of aliphatic hydroxyl groups is 1. The van der Waals surface area contributed by atoms with E-state index in [0.717, 1.165) is 18.6 Å². The van der Waals surface area contributed by atoms with Gasteiger partial charge < -0.3 is 9.84 Å². The summed E-state index contributed by atoms with van der Waals surface area (Å²) >= 11 is 0. The zero-order valence-corrected chi connectivity index (χ0v) is 9.15. The summed E-state index contributed by atoms with van der Waals surface area (Å²) in [4.78, 5) is 0. The molecule has 0 aromatic heterocycles. The fourth-order valence-corrected chi connectivity index (χ4v) is 1.82. The van der Waals surface area contributed by atoms with E-state index in [1.165, 1.54) is 18.4 Å². The average Bonchev–Trinajstić information content (AvgIpc) is 3.10. The summed E-state index contributed by atoms with van der Waals surface area (Å²) in [6, 6.07) is 8.08. The predicted molar refractivity (Wildman–Crippen MR) is 60.0 cm³/mol. The lowest BCUT2D eigenvalue weighted by atomic mass is 10.0. The number of ether oxygens (including phenoxy) is 1. The molecule has 2 nitrogen and oxygen atoms in total. The Morgan fingerprint density at radius 2 is 2.00 bits per heavy atom. The molecular weight excluding hydrogens is 188 g/mol. The van der Waals surface area contributed by atoms with E-state index in [1.807, 2.05) is 12.1 Å². The Balaban J connectivity index is 1.81. The van der Waals surface area contributed by atoms with Gasteiger partial charge in [0.05, 0.1) is 13.2 Å². The monoisotopic (exact) mass is 206 g/mol. The minimum absolute atomic E-state index is 0.0906. The number of hydrogen-bond donors (Lipinski definition) is 1. The van der Waals surface area contributed by atoms with Gasteiger partial charge in [-0.25, -0.2) is 0 Å². The summed E-state index contributed by atoms with van der Waals surface area (Å²) in [5.74, 6) is 1.48. The first kappa shape index (κ1) is 10.5. The maximum Gasteiger partial charge on any atom is 0.118 e. The number of methoxy groups -OCH3 is 1. The van der Waals surface area contributed by atoms with Crippen molar-refractivity contribution in [3.63, 3.8) is 0 Å². The molecule has 0 bridgehead atoms. The van der Waals surface area contributed by atoms with E-state index in [1.54, 1.807) is 7.11 Å². The smallest absolute Gasteiger partial charge is 0.118 e. The molecule has 1 N–H and O–H groups in total. The molecule has 1 unspecified atom stereocenters. The highest BCUT2D eigenvalue weighted by molar-refractivity contribution is 5.27. The molecule has 2 rings (SSSR count). The van der Waals surface area contributed by atoms with E-state index >= 15 is 0 Å². The van der Waals surface area contributed by atoms with E-state index in [2.05, 4.69) is 12.1 Å². The maximum absolute atomic E-state index is 9.73. The highest BCUT2D eigenvalue weighted by atomic mass is 16.5. The van der Waals surface area contributed by atoms with Crippen LogP contribution in [-0.4, -0.2) is 18.3 Å². The van der Waals surface area contributed by atoms with Gasteiger partial charge in [0.25, 0.3) is 0 Å². The summed E-state index contributed by atoms with van der Waals surface area (Å²) in [6.45, 7) is 0. The molecule has 1 aromatic rings. The number of aliphatic hydroxyl groups excluding tert-OH is 1. The normalized spacial score (nSPS) is 17.5. The van der Waals surface area contributed by atoms with Crippen molar-refractivity contribution in [1.82, 2.24) is 0 Å². The van der Waals surface area contributed by atoms with Crippen LogP contribution in [0.2, 0.25) is 0 Å². The molecule has 1 atom stereocenters. The average molecular weight is 206 g/mol. The van der Waals surface area contributed by atoms with Crippen LogP contribution < -0.4 is 4.74 Å². The molecule has 1 fully saturated rings. The maximum atomic E-state index is 9.73. The second-order valence-corrected chi connectivity index (χ2v) is 4.29. The minimum atomic E-state index is -0.0906. The Kier molecular flexibility index (Phi) is 3.27. The Morgan fingerprint density at radius 3 is 2.53 bits per heavy atom. The van der Waals surface area contributed by atoms with Gasteiger partial charge in [-0.15, -0.1) is 0 Å². The Bertz CT molecular complexity index is 301. The van der Waals surface area contributed by atoms with Crippen molar-refractivity contribution in [2.24, 2.45) is 5.92 Å². The van der Waals surface area contributed by atoms with Gasteiger partial charge in [-0.3, -0.25) is 0 Å².